The standard InChI is InChI=1S/C24H27BrN4O2/c1-15(2)17-5-7-18(8-6-17)24-27-22-21(25)19(14-28-13-16(3)12-26-28)11-20(31-4)23(22)29(24)9-10-30/h5-8,11-13,15,30H,9-10,14H2,1-4H3. The van der Waals surface area contributed by atoms with Gasteiger partial charge in [0.05, 0.1) is 30.9 Å². The van der Waals surface area contributed by atoms with Crippen molar-refractivity contribution in [1.82, 2.24) is 19.3 Å². The average molecular weight is 483 g/mol. The second-order valence-electron chi connectivity index (χ2n) is 8.05. The zero-order chi connectivity index (χ0) is 22.1. The van der Waals surface area contributed by atoms with E-state index in [-0.39, 0.29) is 6.61 Å². The first-order chi connectivity index (χ1) is 14.9. The Hall–Kier alpha value is -2.64. The van der Waals surface area contributed by atoms with Crippen LogP contribution in [0.5, 0.6) is 5.75 Å². The van der Waals surface area contributed by atoms with E-state index in [2.05, 4.69) is 59.1 Å². The Morgan fingerprint density at radius 3 is 2.52 bits per heavy atom. The summed E-state index contributed by atoms with van der Waals surface area (Å²) in [5.41, 5.74) is 6.11. The van der Waals surface area contributed by atoms with Gasteiger partial charge in [-0.15, -0.1) is 0 Å². The molecule has 0 fully saturated rings. The van der Waals surface area contributed by atoms with Crippen molar-refractivity contribution in [2.24, 2.45) is 0 Å². The van der Waals surface area contributed by atoms with Crippen LogP contribution in [-0.4, -0.2) is 38.2 Å². The Labute approximate surface area is 190 Å². The second kappa shape index (κ2) is 8.85. The lowest BCUT2D eigenvalue weighted by Crippen LogP contribution is -2.06. The molecule has 0 aliphatic rings. The number of aromatic nitrogens is 4. The Morgan fingerprint density at radius 2 is 1.94 bits per heavy atom. The average Bonchev–Trinajstić information content (AvgIpc) is 3.34. The van der Waals surface area contributed by atoms with Crippen molar-refractivity contribution in [3.8, 4) is 17.1 Å². The second-order valence-corrected chi connectivity index (χ2v) is 8.84. The fourth-order valence-electron chi connectivity index (χ4n) is 3.85. The van der Waals surface area contributed by atoms with E-state index in [0.717, 1.165) is 43.8 Å². The number of aryl methyl sites for hydroxylation is 1. The monoisotopic (exact) mass is 482 g/mol. The van der Waals surface area contributed by atoms with E-state index >= 15 is 0 Å². The van der Waals surface area contributed by atoms with E-state index in [1.807, 2.05) is 34.6 Å². The number of benzene rings is 2. The number of methoxy groups -OCH3 is 1. The zero-order valence-corrected chi connectivity index (χ0v) is 19.8. The molecule has 2 aromatic heterocycles. The van der Waals surface area contributed by atoms with Gasteiger partial charge in [0.25, 0.3) is 0 Å². The third kappa shape index (κ3) is 4.12. The summed E-state index contributed by atoms with van der Waals surface area (Å²) in [4.78, 5) is 4.99. The molecule has 0 unspecified atom stereocenters. The van der Waals surface area contributed by atoms with Crippen molar-refractivity contribution in [1.29, 1.82) is 0 Å². The summed E-state index contributed by atoms with van der Waals surface area (Å²) in [6.45, 7) is 7.43. The highest BCUT2D eigenvalue weighted by Gasteiger charge is 2.21. The van der Waals surface area contributed by atoms with Crippen LogP contribution in [-0.2, 0) is 13.1 Å². The van der Waals surface area contributed by atoms with E-state index in [1.54, 1.807) is 7.11 Å². The number of nitrogens with zero attached hydrogens (tertiary/aromatic N) is 4. The quantitative estimate of drug-likeness (QED) is 0.395. The summed E-state index contributed by atoms with van der Waals surface area (Å²) in [6, 6.07) is 10.5. The molecule has 6 nitrogen and oxygen atoms in total. The van der Waals surface area contributed by atoms with Crippen LogP contribution in [0.25, 0.3) is 22.4 Å². The number of aliphatic hydroxyl groups excluding tert-OH is 1. The molecular formula is C24H27BrN4O2. The van der Waals surface area contributed by atoms with Crippen molar-refractivity contribution in [3.05, 3.63) is 63.9 Å². The number of imidazole rings is 1. The molecule has 31 heavy (non-hydrogen) atoms. The summed E-state index contributed by atoms with van der Waals surface area (Å²) in [7, 11) is 1.66. The minimum absolute atomic E-state index is 0.0115. The number of ether oxygens (including phenoxy) is 1. The fraction of sp³-hybridized carbons (Fsp3) is 0.333. The number of fused-ring (bicyclic) bond motifs is 1. The van der Waals surface area contributed by atoms with E-state index < -0.39 is 0 Å². The van der Waals surface area contributed by atoms with E-state index in [4.69, 9.17) is 9.72 Å². The highest BCUT2D eigenvalue weighted by molar-refractivity contribution is 9.10. The summed E-state index contributed by atoms with van der Waals surface area (Å²) in [5.74, 6) is 2.00. The largest absolute Gasteiger partial charge is 0.494 e. The van der Waals surface area contributed by atoms with Crippen molar-refractivity contribution in [3.63, 3.8) is 0 Å². The molecule has 7 heteroatoms. The van der Waals surface area contributed by atoms with Crippen LogP contribution in [0.1, 0.15) is 36.5 Å². The molecule has 4 aromatic rings. The first kappa shape index (κ1) is 21.6. The van der Waals surface area contributed by atoms with Crippen LogP contribution in [0.15, 0.2) is 47.2 Å². The van der Waals surface area contributed by atoms with Gasteiger partial charge in [-0.3, -0.25) is 4.68 Å². The molecule has 2 aromatic carbocycles. The molecule has 0 aliphatic heterocycles. The maximum absolute atomic E-state index is 9.76. The van der Waals surface area contributed by atoms with Gasteiger partial charge >= 0.3 is 0 Å². The summed E-state index contributed by atoms with van der Waals surface area (Å²) < 4.78 is 10.6. The van der Waals surface area contributed by atoms with Crippen molar-refractivity contribution in [2.75, 3.05) is 13.7 Å². The Bertz CT molecular complexity index is 1210. The molecule has 4 rings (SSSR count). The van der Waals surface area contributed by atoms with Gasteiger partial charge in [0.1, 0.15) is 22.6 Å². The molecule has 0 aliphatic carbocycles. The van der Waals surface area contributed by atoms with Gasteiger partial charge in [-0.2, -0.15) is 5.10 Å². The smallest absolute Gasteiger partial charge is 0.145 e. The lowest BCUT2D eigenvalue weighted by Gasteiger charge is -2.13. The summed E-state index contributed by atoms with van der Waals surface area (Å²) >= 11 is 3.78. The third-order valence-electron chi connectivity index (χ3n) is 5.47. The van der Waals surface area contributed by atoms with Gasteiger partial charge in [0, 0.05) is 18.3 Å². The fourth-order valence-corrected chi connectivity index (χ4v) is 4.37. The first-order valence-electron chi connectivity index (χ1n) is 10.4. The molecule has 0 saturated heterocycles. The Kier molecular flexibility index (Phi) is 6.16. The highest BCUT2D eigenvalue weighted by Crippen LogP contribution is 2.38. The summed E-state index contributed by atoms with van der Waals surface area (Å²) in [5, 5.41) is 14.2. The minimum atomic E-state index is 0.0115. The molecule has 1 N–H and O–H groups in total. The molecule has 0 bridgehead atoms. The van der Waals surface area contributed by atoms with E-state index in [0.29, 0.717) is 19.0 Å². The van der Waals surface area contributed by atoms with Crippen molar-refractivity contribution in [2.45, 2.75) is 39.8 Å². The molecule has 0 saturated carbocycles. The number of hydrogen-bond donors (Lipinski definition) is 1. The van der Waals surface area contributed by atoms with Crippen LogP contribution in [0.3, 0.4) is 0 Å². The lowest BCUT2D eigenvalue weighted by atomic mass is 10.0. The predicted octanol–water partition coefficient (Wildman–Crippen LogP) is 5.14. The SMILES string of the molecule is COc1cc(Cn2cc(C)cn2)c(Br)c2nc(-c3ccc(C(C)C)cc3)n(CCO)c12. The number of rotatable bonds is 7. The van der Waals surface area contributed by atoms with Crippen molar-refractivity contribution < 1.29 is 9.84 Å². The molecule has 0 atom stereocenters. The minimum Gasteiger partial charge on any atom is -0.494 e. The van der Waals surface area contributed by atoms with Gasteiger partial charge in [-0.1, -0.05) is 38.1 Å². The predicted molar refractivity (Wildman–Crippen MR) is 127 cm³/mol. The highest BCUT2D eigenvalue weighted by atomic mass is 79.9. The molecule has 0 amide bonds. The maximum Gasteiger partial charge on any atom is 0.145 e. The van der Waals surface area contributed by atoms with E-state index in [1.165, 1.54) is 5.56 Å². The number of halogens is 1. The van der Waals surface area contributed by atoms with Crippen molar-refractivity contribution >= 4 is 27.0 Å². The molecular weight excluding hydrogens is 456 g/mol. The number of hydrogen-bond acceptors (Lipinski definition) is 4. The Balaban J connectivity index is 1.89. The lowest BCUT2D eigenvalue weighted by molar-refractivity contribution is 0.278. The van der Waals surface area contributed by atoms with Crippen LogP contribution in [0, 0.1) is 6.92 Å². The topological polar surface area (TPSA) is 65.1 Å². The van der Waals surface area contributed by atoms with Crippen LogP contribution in [0.2, 0.25) is 0 Å². The molecule has 2 heterocycles. The molecule has 0 spiro atoms. The van der Waals surface area contributed by atoms with Gasteiger partial charge in [-0.05, 0) is 51.5 Å². The van der Waals surface area contributed by atoms with Crippen LogP contribution < -0.4 is 4.74 Å². The van der Waals surface area contributed by atoms with Gasteiger partial charge in [0.15, 0.2) is 0 Å². The Morgan fingerprint density at radius 1 is 1.19 bits per heavy atom. The van der Waals surface area contributed by atoms with Gasteiger partial charge in [-0.25, -0.2) is 4.98 Å². The summed E-state index contributed by atoms with van der Waals surface area (Å²) in [6.07, 6.45) is 3.85. The van der Waals surface area contributed by atoms with Crippen LogP contribution >= 0.6 is 15.9 Å². The first-order valence-corrected chi connectivity index (χ1v) is 11.2. The zero-order valence-electron chi connectivity index (χ0n) is 18.3. The normalized spacial score (nSPS) is 11.6. The maximum atomic E-state index is 9.76. The molecule has 0 radical (unpaired) electrons. The van der Waals surface area contributed by atoms with E-state index in [9.17, 15) is 5.11 Å². The van der Waals surface area contributed by atoms with Gasteiger partial charge < -0.3 is 14.4 Å². The molecule has 162 valence electrons. The number of aliphatic hydroxyl groups is 1. The third-order valence-corrected chi connectivity index (χ3v) is 6.35. The van der Waals surface area contributed by atoms with Gasteiger partial charge in [0.2, 0.25) is 0 Å². The van der Waals surface area contributed by atoms with Crippen LogP contribution in [0.4, 0.5) is 0 Å².